The van der Waals surface area contributed by atoms with Gasteiger partial charge in [-0.2, -0.15) is 4.98 Å². The second-order valence-corrected chi connectivity index (χ2v) is 3.97. The number of pyridine rings is 2. The summed E-state index contributed by atoms with van der Waals surface area (Å²) in [4.78, 5) is 16.5. The number of hydrogen-bond donors (Lipinski definition) is 1. The average molecular weight is 228 g/mol. The van der Waals surface area contributed by atoms with Crippen LogP contribution >= 0.6 is 0 Å². The number of nitrogens with one attached hydrogen (secondary N) is 1. The molecule has 0 aliphatic heterocycles. The molecule has 0 saturated heterocycles. The van der Waals surface area contributed by atoms with Gasteiger partial charge < -0.3 is 9.72 Å². The molecule has 3 rings (SSSR count). The highest BCUT2D eigenvalue weighted by molar-refractivity contribution is 6.01. The number of aromatic amines is 1. The molecule has 17 heavy (non-hydrogen) atoms. The minimum atomic E-state index is 0.569. The average Bonchev–Trinajstić information content (AvgIpc) is 2.71. The van der Waals surface area contributed by atoms with Crippen LogP contribution in [-0.2, 0) is 0 Å². The molecule has 0 radical (unpaired) electrons. The number of methoxy groups -OCH3 is 1. The molecule has 3 heterocycles. The molecule has 3 aromatic heterocycles. The van der Waals surface area contributed by atoms with Crippen LogP contribution in [0.15, 0.2) is 12.1 Å². The van der Waals surface area contributed by atoms with Gasteiger partial charge in [-0.05, 0) is 19.9 Å². The molecule has 0 unspecified atom stereocenters. The third-order valence-corrected chi connectivity index (χ3v) is 2.77. The predicted molar refractivity (Wildman–Crippen MR) is 65.2 cm³/mol. The van der Waals surface area contributed by atoms with Crippen LogP contribution in [0.5, 0.6) is 5.88 Å². The number of imidazole rings is 1. The number of fused-ring (bicyclic) bond motifs is 3. The van der Waals surface area contributed by atoms with Crippen LogP contribution in [-0.4, -0.2) is 27.0 Å². The van der Waals surface area contributed by atoms with E-state index < -0.39 is 0 Å². The molecule has 5 heteroatoms. The first kappa shape index (κ1) is 10.0. The number of aryl methyl sites for hydroxylation is 2. The van der Waals surface area contributed by atoms with E-state index in [9.17, 15) is 0 Å². The van der Waals surface area contributed by atoms with Gasteiger partial charge in [0.05, 0.1) is 18.3 Å². The fraction of sp³-hybridized carbons (Fsp3) is 0.250. The van der Waals surface area contributed by atoms with E-state index in [4.69, 9.17) is 4.74 Å². The maximum Gasteiger partial charge on any atom is 0.215 e. The molecule has 3 aromatic rings. The van der Waals surface area contributed by atoms with Crippen LogP contribution in [0, 0.1) is 13.8 Å². The van der Waals surface area contributed by atoms with Gasteiger partial charge in [-0.15, -0.1) is 0 Å². The van der Waals surface area contributed by atoms with E-state index in [0.29, 0.717) is 11.5 Å². The monoisotopic (exact) mass is 228 g/mol. The predicted octanol–water partition coefficient (Wildman–Crippen LogP) is 2.13. The van der Waals surface area contributed by atoms with Gasteiger partial charge in [0.2, 0.25) is 5.88 Å². The van der Waals surface area contributed by atoms with E-state index in [-0.39, 0.29) is 0 Å². The summed E-state index contributed by atoms with van der Waals surface area (Å²) >= 11 is 0. The molecular weight excluding hydrogens is 216 g/mol. The lowest BCUT2D eigenvalue weighted by molar-refractivity contribution is 0.399. The highest BCUT2D eigenvalue weighted by atomic mass is 16.5. The van der Waals surface area contributed by atoms with Gasteiger partial charge in [0.25, 0.3) is 0 Å². The van der Waals surface area contributed by atoms with Gasteiger partial charge in [-0.3, -0.25) is 0 Å². The summed E-state index contributed by atoms with van der Waals surface area (Å²) in [7, 11) is 1.60. The Balaban J connectivity index is 2.47. The highest BCUT2D eigenvalue weighted by Crippen LogP contribution is 2.24. The second-order valence-electron chi connectivity index (χ2n) is 3.97. The van der Waals surface area contributed by atoms with Gasteiger partial charge >= 0.3 is 0 Å². The Morgan fingerprint density at radius 1 is 1.12 bits per heavy atom. The molecule has 0 aliphatic carbocycles. The molecule has 5 nitrogen and oxygen atoms in total. The third-order valence-electron chi connectivity index (χ3n) is 2.77. The van der Waals surface area contributed by atoms with Crippen LogP contribution in [0.4, 0.5) is 0 Å². The first-order valence-electron chi connectivity index (χ1n) is 5.36. The summed E-state index contributed by atoms with van der Waals surface area (Å²) in [5.41, 5.74) is 3.44. The zero-order valence-electron chi connectivity index (χ0n) is 9.90. The molecule has 1 N–H and O–H groups in total. The van der Waals surface area contributed by atoms with Crippen LogP contribution in [0.1, 0.15) is 11.5 Å². The summed E-state index contributed by atoms with van der Waals surface area (Å²) in [5.74, 6) is 1.45. The number of ether oxygens (including phenoxy) is 1. The zero-order chi connectivity index (χ0) is 12.0. The zero-order valence-corrected chi connectivity index (χ0v) is 9.90. The maximum atomic E-state index is 5.10. The van der Waals surface area contributed by atoms with Crippen LogP contribution < -0.4 is 4.74 Å². The molecule has 0 aliphatic rings. The first-order chi connectivity index (χ1) is 8.19. The summed E-state index contributed by atoms with van der Waals surface area (Å²) < 4.78 is 5.10. The van der Waals surface area contributed by atoms with Crippen molar-refractivity contribution in [3.8, 4) is 5.88 Å². The molecular formula is C12H12N4O. The molecule has 0 fully saturated rings. The summed E-state index contributed by atoms with van der Waals surface area (Å²) in [5, 5.41) is 0.965. The van der Waals surface area contributed by atoms with Gasteiger partial charge in [0, 0.05) is 11.5 Å². The fourth-order valence-corrected chi connectivity index (χ4v) is 1.99. The summed E-state index contributed by atoms with van der Waals surface area (Å²) in [6, 6.07) is 3.78. The van der Waals surface area contributed by atoms with E-state index in [2.05, 4.69) is 19.9 Å². The third kappa shape index (κ3) is 1.43. The minimum absolute atomic E-state index is 0.569. The standard InChI is InChI=1S/C12H12N4O/c1-6-10-11(15-7(2)14-10)8-4-5-9(17-3)16-12(8)13-6/h4-5H,1-3H3,(H,14,15). The summed E-state index contributed by atoms with van der Waals surface area (Å²) in [6.07, 6.45) is 0. The van der Waals surface area contributed by atoms with Crippen LogP contribution in [0.2, 0.25) is 0 Å². The maximum absolute atomic E-state index is 5.10. The Morgan fingerprint density at radius 2 is 1.94 bits per heavy atom. The van der Waals surface area contributed by atoms with Crippen molar-refractivity contribution in [2.24, 2.45) is 0 Å². The highest BCUT2D eigenvalue weighted by Gasteiger charge is 2.10. The van der Waals surface area contributed by atoms with Crippen molar-refractivity contribution in [3.63, 3.8) is 0 Å². The number of aromatic nitrogens is 4. The topological polar surface area (TPSA) is 63.7 Å². The van der Waals surface area contributed by atoms with Crippen molar-refractivity contribution in [1.82, 2.24) is 19.9 Å². The Hall–Kier alpha value is -2.17. The largest absolute Gasteiger partial charge is 0.481 e. The number of rotatable bonds is 1. The molecule has 0 amide bonds. The quantitative estimate of drug-likeness (QED) is 0.693. The van der Waals surface area contributed by atoms with Gasteiger partial charge in [0.1, 0.15) is 11.3 Å². The van der Waals surface area contributed by atoms with Crippen molar-refractivity contribution in [1.29, 1.82) is 0 Å². The van der Waals surface area contributed by atoms with E-state index in [1.54, 1.807) is 7.11 Å². The number of hydrogen-bond acceptors (Lipinski definition) is 4. The van der Waals surface area contributed by atoms with E-state index >= 15 is 0 Å². The Kier molecular flexibility index (Phi) is 2.01. The fourth-order valence-electron chi connectivity index (χ4n) is 1.99. The molecule has 0 saturated carbocycles. The van der Waals surface area contributed by atoms with Gasteiger partial charge in [-0.25, -0.2) is 9.97 Å². The van der Waals surface area contributed by atoms with Crippen molar-refractivity contribution in [2.45, 2.75) is 13.8 Å². The molecule has 0 aromatic carbocycles. The van der Waals surface area contributed by atoms with Crippen LogP contribution in [0.25, 0.3) is 22.1 Å². The molecule has 0 spiro atoms. The number of nitrogens with zero attached hydrogens (tertiary/aromatic N) is 3. The van der Waals surface area contributed by atoms with Crippen molar-refractivity contribution < 1.29 is 4.74 Å². The lowest BCUT2D eigenvalue weighted by Crippen LogP contribution is -1.93. The SMILES string of the molecule is COc1ccc2c(n1)nc(C)c1nc(C)[nH]c12. The first-order valence-corrected chi connectivity index (χ1v) is 5.36. The van der Waals surface area contributed by atoms with Gasteiger partial charge in [0.15, 0.2) is 5.65 Å². The minimum Gasteiger partial charge on any atom is -0.481 e. The molecule has 0 atom stereocenters. The van der Waals surface area contributed by atoms with E-state index in [1.165, 1.54) is 0 Å². The normalized spacial score (nSPS) is 11.2. The van der Waals surface area contributed by atoms with Crippen LogP contribution in [0.3, 0.4) is 0 Å². The second kappa shape index (κ2) is 3.41. The summed E-state index contributed by atoms with van der Waals surface area (Å²) in [6.45, 7) is 3.87. The van der Waals surface area contributed by atoms with Gasteiger partial charge in [-0.1, -0.05) is 0 Å². The Bertz CT molecular complexity index is 717. The molecule has 86 valence electrons. The van der Waals surface area contributed by atoms with Crippen molar-refractivity contribution >= 4 is 22.1 Å². The van der Waals surface area contributed by atoms with E-state index in [0.717, 1.165) is 27.9 Å². The number of H-pyrrole nitrogens is 1. The van der Waals surface area contributed by atoms with Crippen molar-refractivity contribution in [3.05, 3.63) is 23.7 Å². The lowest BCUT2D eigenvalue weighted by atomic mass is 10.2. The lowest BCUT2D eigenvalue weighted by Gasteiger charge is -2.03. The Morgan fingerprint density at radius 3 is 2.71 bits per heavy atom. The Labute approximate surface area is 97.9 Å². The van der Waals surface area contributed by atoms with Crippen molar-refractivity contribution in [2.75, 3.05) is 7.11 Å². The van der Waals surface area contributed by atoms with E-state index in [1.807, 2.05) is 26.0 Å². The molecule has 0 bridgehead atoms. The smallest absolute Gasteiger partial charge is 0.215 e.